The van der Waals surface area contributed by atoms with E-state index in [0.717, 1.165) is 47.5 Å². The normalized spacial score (nSPS) is 16.4. The van der Waals surface area contributed by atoms with Crippen LogP contribution in [0.4, 0.5) is 0 Å². The maximum absolute atomic E-state index is 13.0. The number of hydrogen-bond donors (Lipinski definition) is 1. The van der Waals surface area contributed by atoms with Crippen molar-refractivity contribution < 1.29 is 9.53 Å². The molecular weight excluding hydrogens is 374 g/mol. The van der Waals surface area contributed by atoms with Gasteiger partial charge in [-0.05, 0) is 48.2 Å². The highest BCUT2D eigenvalue weighted by Crippen LogP contribution is 2.37. The summed E-state index contributed by atoms with van der Waals surface area (Å²) in [6, 6.07) is 15.4. The van der Waals surface area contributed by atoms with Gasteiger partial charge in [-0.2, -0.15) is 5.10 Å². The van der Waals surface area contributed by atoms with E-state index in [4.69, 9.17) is 16.3 Å². The number of rotatable bonds is 5. The predicted octanol–water partition coefficient (Wildman–Crippen LogP) is 4.64. The first-order valence-corrected chi connectivity index (χ1v) is 9.75. The maximum atomic E-state index is 13.0. The lowest BCUT2D eigenvalue weighted by Gasteiger charge is -2.25. The summed E-state index contributed by atoms with van der Waals surface area (Å²) < 4.78 is 5.35. The lowest BCUT2D eigenvalue weighted by atomic mass is 10.0. The first kappa shape index (κ1) is 18.6. The van der Waals surface area contributed by atoms with Crippen LogP contribution in [0.5, 0.6) is 5.75 Å². The number of carbonyl (C=O) groups is 1. The highest BCUT2D eigenvalue weighted by atomic mass is 35.5. The zero-order valence-corrected chi connectivity index (χ0v) is 16.4. The molecule has 5 nitrogen and oxygen atoms in total. The second-order valence-electron chi connectivity index (χ2n) is 6.98. The maximum Gasteiger partial charge on any atom is 0.227 e. The van der Waals surface area contributed by atoms with E-state index in [2.05, 4.69) is 10.2 Å². The van der Waals surface area contributed by atoms with Gasteiger partial charge in [-0.15, -0.1) is 0 Å². The van der Waals surface area contributed by atoms with Gasteiger partial charge in [0, 0.05) is 17.1 Å². The SMILES string of the molecule is COc1cccc(-c2cn[nH]c2[C@H]2CCCN2C(=O)Cc2ccc(Cl)cc2)c1. The minimum absolute atomic E-state index is 0.00324. The minimum Gasteiger partial charge on any atom is -0.497 e. The van der Waals surface area contributed by atoms with E-state index < -0.39 is 0 Å². The molecule has 1 aromatic heterocycles. The molecule has 1 fully saturated rings. The number of aromatic nitrogens is 2. The van der Waals surface area contributed by atoms with Crippen LogP contribution >= 0.6 is 11.6 Å². The quantitative estimate of drug-likeness (QED) is 0.684. The van der Waals surface area contributed by atoms with Gasteiger partial charge in [-0.1, -0.05) is 35.9 Å². The van der Waals surface area contributed by atoms with E-state index in [1.807, 2.05) is 59.6 Å². The molecule has 1 aliphatic rings. The van der Waals surface area contributed by atoms with E-state index in [1.165, 1.54) is 0 Å². The molecule has 0 spiro atoms. The number of methoxy groups -OCH3 is 1. The zero-order valence-electron chi connectivity index (χ0n) is 15.7. The van der Waals surface area contributed by atoms with Crippen LogP contribution < -0.4 is 4.74 Å². The number of likely N-dealkylation sites (tertiary alicyclic amines) is 1. The van der Waals surface area contributed by atoms with Gasteiger partial charge in [-0.3, -0.25) is 9.89 Å². The average Bonchev–Trinajstić information content (AvgIpc) is 3.38. The lowest BCUT2D eigenvalue weighted by Crippen LogP contribution is -2.32. The Morgan fingerprint density at radius 3 is 2.89 bits per heavy atom. The van der Waals surface area contributed by atoms with E-state index in [-0.39, 0.29) is 11.9 Å². The first-order valence-electron chi connectivity index (χ1n) is 9.37. The lowest BCUT2D eigenvalue weighted by molar-refractivity contribution is -0.131. The number of benzene rings is 2. The number of carbonyl (C=O) groups excluding carboxylic acids is 1. The van der Waals surface area contributed by atoms with Crippen molar-refractivity contribution in [3.05, 3.63) is 71.0 Å². The third-order valence-corrected chi connectivity index (χ3v) is 5.48. The van der Waals surface area contributed by atoms with Crippen LogP contribution in [-0.4, -0.2) is 34.7 Å². The van der Waals surface area contributed by atoms with Gasteiger partial charge in [0.2, 0.25) is 5.91 Å². The minimum atomic E-state index is 0.00324. The first-order chi connectivity index (χ1) is 13.7. The van der Waals surface area contributed by atoms with Gasteiger partial charge in [0.25, 0.3) is 0 Å². The van der Waals surface area contributed by atoms with Crippen molar-refractivity contribution in [2.75, 3.05) is 13.7 Å². The van der Waals surface area contributed by atoms with E-state index in [1.54, 1.807) is 7.11 Å². The fourth-order valence-electron chi connectivity index (χ4n) is 3.81. The van der Waals surface area contributed by atoms with Crippen LogP contribution in [0.25, 0.3) is 11.1 Å². The molecule has 0 unspecified atom stereocenters. The van der Waals surface area contributed by atoms with Gasteiger partial charge in [0.05, 0.1) is 31.5 Å². The standard InChI is InChI=1S/C22H22ClN3O2/c1-28-18-5-2-4-16(13-18)19-14-24-25-22(19)20-6-3-11-26(20)21(27)12-15-7-9-17(23)10-8-15/h2,4-5,7-10,13-14,20H,3,6,11-12H2,1H3,(H,24,25)/t20-/m1/s1. The van der Waals surface area contributed by atoms with Crippen LogP contribution in [0.15, 0.2) is 54.7 Å². The second-order valence-corrected chi connectivity index (χ2v) is 7.41. The topological polar surface area (TPSA) is 58.2 Å². The fraction of sp³-hybridized carbons (Fsp3) is 0.273. The molecule has 1 amide bonds. The molecule has 3 aromatic rings. The summed E-state index contributed by atoms with van der Waals surface area (Å²) >= 11 is 5.95. The van der Waals surface area contributed by atoms with Crippen molar-refractivity contribution in [3.63, 3.8) is 0 Å². The number of hydrogen-bond acceptors (Lipinski definition) is 3. The Balaban J connectivity index is 1.58. The molecule has 28 heavy (non-hydrogen) atoms. The summed E-state index contributed by atoms with van der Waals surface area (Å²) in [5.74, 6) is 0.919. The Kier molecular flexibility index (Phi) is 5.35. The Hall–Kier alpha value is -2.79. The summed E-state index contributed by atoms with van der Waals surface area (Å²) in [6.45, 7) is 0.758. The number of ether oxygens (including phenoxy) is 1. The summed E-state index contributed by atoms with van der Waals surface area (Å²) in [6.07, 6.45) is 4.10. The monoisotopic (exact) mass is 395 g/mol. The van der Waals surface area contributed by atoms with Crippen molar-refractivity contribution in [2.24, 2.45) is 0 Å². The number of amides is 1. The van der Waals surface area contributed by atoms with Crippen LogP contribution in [0.2, 0.25) is 5.02 Å². The van der Waals surface area contributed by atoms with Gasteiger partial charge in [0.15, 0.2) is 0 Å². The Morgan fingerprint density at radius 2 is 2.11 bits per heavy atom. The number of H-pyrrole nitrogens is 1. The molecule has 4 rings (SSSR count). The van der Waals surface area contributed by atoms with Gasteiger partial charge in [-0.25, -0.2) is 0 Å². The van der Waals surface area contributed by atoms with Crippen molar-refractivity contribution >= 4 is 17.5 Å². The third kappa shape index (κ3) is 3.76. The van der Waals surface area contributed by atoms with E-state index in [0.29, 0.717) is 11.4 Å². The number of aromatic amines is 1. The number of halogens is 1. The summed E-state index contributed by atoms with van der Waals surface area (Å²) in [5.41, 5.74) is 3.99. The fourth-order valence-corrected chi connectivity index (χ4v) is 3.94. The van der Waals surface area contributed by atoms with Crippen molar-refractivity contribution in [2.45, 2.75) is 25.3 Å². The predicted molar refractivity (Wildman–Crippen MR) is 109 cm³/mol. The second kappa shape index (κ2) is 8.07. The molecule has 1 N–H and O–H groups in total. The molecule has 0 saturated carbocycles. The highest BCUT2D eigenvalue weighted by Gasteiger charge is 2.32. The van der Waals surface area contributed by atoms with Gasteiger partial charge < -0.3 is 9.64 Å². The highest BCUT2D eigenvalue weighted by molar-refractivity contribution is 6.30. The number of nitrogens with one attached hydrogen (secondary N) is 1. The molecule has 2 aromatic carbocycles. The van der Waals surface area contributed by atoms with E-state index in [9.17, 15) is 4.79 Å². The molecule has 144 valence electrons. The van der Waals surface area contributed by atoms with Gasteiger partial charge >= 0.3 is 0 Å². The molecule has 2 heterocycles. The van der Waals surface area contributed by atoms with Crippen LogP contribution in [0.1, 0.15) is 30.1 Å². The van der Waals surface area contributed by atoms with Gasteiger partial charge in [0.1, 0.15) is 5.75 Å². The molecular formula is C22H22ClN3O2. The Bertz CT molecular complexity index is 968. The summed E-state index contributed by atoms with van der Waals surface area (Å²) in [4.78, 5) is 15.0. The van der Waals surface area contributed by atoms with Crippen molar-refractivity contribution in [1.82, 2.24) is 15.1 Å². The summed E-state index contributed by atoms with van der Waals surface area (Å²) in [5, 5.41) is 8.08. The molecule has 0 radical (unpaired) electrons. The third-order valence-electron chi connectivity index (χ3n) is 5.22. The number of nitrogens with zero attached hydrogens (tertiary/aromatic N) is 2. The zero-order chi connectivity index (χ0) is 19.5. The van der Waals surface area contributed by atoms with Crippen LogP contribution in [-0.2, 0) is 11.2 Å². The Morgan fingerprint density at radius 1 is 1.29 bits per heavy atom. The molecule has 0 bridgehead atoms. The molecule has 0 aliphatic carbocycles. The smallest absolute Gasteiger partial charge is 0.227 e. The van der Waals surface area contributed by atoms with E-state index >= 15 is 0 Å². The Labute approximate surface area is 169 Å². The van der Waals surface area contributed by atoms with Crippen molar-refractivity contribution in [1.29, 1.82) is 0 Å². The van der Waals surface area contributed by atoms with Crippen LogP contribution in [0, 0.1) is 0 Å². The average molecular weight is 396 g/mol. The molecule has 1 atom stereocenters. The molecule has 1 aliphatic heterocycles. The molecule has 6 heteroatoms. The van der Waals surface area contributed by atoms with Crippen molar-refractivity contribution in [3.8, 4) is 16.9 Å². The molecule has 1 saturated heterocycles. The van der Waals surface area contributed by atoms with Crippen LogP contribution in [0.3, 0.4) is 0 Å². The largest absolute Gasteiger partial charge is 0.497 e. The summed E-state index contributed by atoms with van der Waals surface area (Å²) in [7, 11) is 1.66.